The largest absolute Gasteiger partial charge is 0.431 e. The van der Waals surface area contributed by atoms with Crippen LogP contribution in [0.2, 0.25) is 0 Å². The molecule has 0 amide bonds. The molecular formula is C12H12F3N3. The van der Waals surface area contributed by atoms with Crippen molar-refractivity contribution in [3.63, 3.8) is 0 Å². The van der Waals surface area contributed by atoms with Crippen LogP contribution in [0.15, 0.2) is 24.4 Å². The number of rotatable bonds is 1. The summed E-state index contributed by atoms with van der Waals surface area (Å²) in [4.78, 5) is 4.29. The molecule has 0 radical (unpaired) electrons. The molecule has 1 saturated heterocycles. The monoisotopic (exact) mass is 255 g/mol. The summed E-state index contributed by atoms with van der Waals surface area (Å²) < 4.78 is 39.7. The average Bonchev–Trinajstić information content (AvgIpc) is 2.95. The second kappa shape index (κ2) is 3.98. The molecule has 1 aliphatic rings. The molecule has 96 valence electrons. The van der Waals surface area contributed by atoms with Crippen molar-refractivity contribution in [3.05, 3.63) is 35.8 Å². The van der Waals surface area contributed by atoms with E-state index in [9.17, 15) is 13.2 Å². The fourth-order valence-electron chi connectivity index (χ4n) is 2.36. The van der Waals surface area contributed by atoms with Gasteiger partial charge in [0.25, 0.3) is 0 Å². The van der Waals surface area contributed by atoms with Crippen LogP contribution in [0.3, 0.4) is 0 Å². The number of hydrogen-bond donors (Lipinski definition) is 1. The van der Waals surface area contributed by atoms with Gasteiger partial charge in [-0.25, -0.2) is 4.98 Å². The first-order valence-electron chi connectivity index (χ1n) is 5.81. The summed E-state index contributed by atoms with van der Waals surface area (Å²) in [7, 11) is 0. The fourth-order valence-corrected chi connectivity index (χ4v) is 2.36. The summed E-state index contributed by atoms with van der Waals surface area (Å²) in [5.74, 6) is 0.214. The Hall–Kier alpha value is -1.56. The highest BCUT2D eigenvalue weighted by molar-refractivity contribution is 5.43. The van der Waals surface area contributed by atoms with Gasteiger partial charge in [-0.3, -0.25) is 4.40 Å². The van der Waals surface area contributed by atoms with E-state index in [4.69, 9.17) is 0 Å². The van der Waals surface area contributed by atoms with Crippen LogP contribution in [0.5, 0.6) is 0 Å². The average molecular weight is 255 g/mol. The number of pyridine rings is 1. The van der Waals surface area contributed by atoms with Gasteiger partial charge in [0, 0.05) is 18.7 Å². The number of imidazole rings is 1. The first kappa shape index (κ1) is 11.5. The summed E-state index contributed by atoms with van der Waals surface area (Å²) in [6.07, 6.45) is -1.92. The molecule has 0 bridgehead atoms. The van der Waals surface area contributed by atoms with Crippen molar-refractivity contribution in [2.75, 3.05) is 13.1 Å². The van der Waals surface area contributed by atoms with E-state index in [2.05, 4.69) is 10.3 Å². The van der Waals surface area contributed by atoms with Crippen LogP contribution >= 0.6 is 0 Å². The summed E-state index contributed by atoms with van der Waals surface area (Å²) in [5.41, 5.74) is 0.410. The number of fused-ring (bicyclic) bond motifs is 1. The lowest BCUT2D eigenvalue weighted by Crippen LogP contribution is -2.10. The molecule has 0 spiro atoms. The Kier molecular flexibility index (Phi) is 2.55. The van der Waals surface area contributed by atoms with Crippen LogP contribution < -0.4 is 5.32 Å². The molecule has 0 aliphatic carbocycles. The van der Waals surface area contributed by atoms with Gasteiger partial charge >= 0.3 is 6.18 Å². The van der Waals surface area contributed by atoms with Crippen LogP contribution in [-0.4, -0.2) is 22.5 Å². The number of hydrogen-bond acceptors (Lipinski definition) is 2. The van der Waals surface area contributed by atoms with E-state index in [0.717, 1.165) is 35.7 Å². The lowest BCUT2D eigenvalue weighted by atomic mass is 10.1. The van der Waals surface area contributed by atoms with Crippen LogP contribution in [0.25, 0.3) is 5.65 Å². The standard InChI is InChI=1S/C12H12F3N3/c13-12(14,15)10-2-1-3-11-17-9(7-18(10)11)8-4-5-16-6-8/h1-3,7-8,16H,4-6H2. The van der Waals surface area contributed by atoms with Crippen molar-refractivity contribution < 1.29 is 13.2 Å². The predicted octanol–water partition coefficient (Wildman–Crippen LogP) is 2.43. The zero-order valence-electron chi connectivity index (χ0n) is 9.54. The van der Waals surface area contributed by atoms with Gasteiger partial charge in [0.2, 0.25) is 0 Å². The molecule has 0 saturated carbocycles. The Labute approximate surface area is 102 Å². The molecule has 2 aromatic rings. The third-order valence-corrected chi connectivity index (χ3v) is 3.28. The molecule has 1 unspecified atom stereocenters. The van der Waals surface area contributed by atoms with Gasteiger partial charge in [-0.1, -0.05) is 6.07 Å². The minimum absolute atomic E-state index is 0.214. The molecule has 0 aromatic carbocycles. The predicted molar refractivity (Wildman–Crippen MR) is 60.4 cm³/mol. The third-order valence-electron chi connectivity index (χ3n) is 3.28. The Morgan fingerprint density at radius 2 is 2.17 bits per heavy atom. The summed E-state index contributed by atoms with van der Waals surface area (Å²) in [6.45, 7) is 1.68. The minimum atomic E-state index is -4.36. The maximum absolute atomic E-state index is 12.8. The van der Waals surface area contributed by atoms with E-state index in [0.29, 0.717) is 5.65 Å². The fraction of sp³-hybridized carbons (Fsp3) is 0.417. The highest BCUT2D eigenvalue weighted by atomic mass is 19.4. The Morgan fingerprint density at radius 3 is 2.83 bits per heavy atom. The van der Waals surface area contributed by atoms with Crippen molar-refractivity contribution >= 4 is 5.65 Å². The molecule has 3 heterocycles. The SMILES string of the molecule is FC(F)(F)c1cccc2nc(C3CCNC3)cn12. The van der Waals surface area contributed by atoms with E-state index >= 15 is 0 Å². The van der Waals surface area contributed by atoms with E-state index in [-0.39, 0.29) is 5.92 Å². The summed E-state index contributed by atoms with van der Waals surface area (Å²) in [5, 5.41) is 3.19. The van der Waals surface area contributed by atoms with E-state index in [1.54, 1.807) is 6.07 Å². The van der Waals surface area contributed by atoms with Gasteiger partial charge in [0.05, 0.1) is 5.69 Å². The van der Waals surface area contributed by atoms with Crippen LogP contribution in [0.4, 0.5) is 13.2 Å². The second-order valence-electron chi connectivity index (χ2n) is 4.49. The van der Waals surface area contributed by atoms with E-state index in [1.807, 2.05) is 0 Å². The van der Waals surface area contributed by atoms with Gasteiger partial charge in [-0.15, -0.1) is 0 Å². The molecule has 6 heteroatoms. The minimum Gasteiger partial charge on any atom is -0.316 e. The summed E-state index contributed by atoms with van der Waals surface area (Å²) >= 11 is 0. The van der Waals surface area contributed by atoms with Crippen LogP contribution in [0.1, 0.15) is 23.7 Å². The van der Waals surface area contributed by atoms with Crippen molar-refractivity contribution in [2.45, 2.75) is 18.5 Å². The molecule has 1 aliphatic heterocycles. The van der Waals surface area contributed by atoms with Crippen LogP contribution in [0, 0.1) is 0 Å². The highest BCUT2D eigenvalue weighted by Gasteiger charge is 2.33. The second-order valence-corrected chi connectivity index (χ2v) is 4.49. The van der Waals surface area contributed by atoms with Gasteiger partial charge in [-0.2, -0.15) is 13.2 Å². The number of nitrogens with zero attached hydrogens (tertiary/aromatic N) is 2. The Morgan fingerprint density at radius 1 is 1.33 bits per heavy atom. The Bertz CT molecular complexity index is 567. The number of aromatic nitrogens is 2. The van der Waals surface area contributed by atoms with Crippen molar-refractivity contribution in [3.8, 4) is 0 Å². The quantitative estimate of drug-likeness (QED) is 0.848. The topological polar surface area (TPSA) is 29.3 Å². The molecule has 3 rings (SSSR count). The number of nitrogens with one attached hydrogen (secondary N) is 1. The molecule has 3 nitrogen and oxygen atoms in total. The molecule has 1 fully saturated rings. The zero-order valence-corrected chi connectivity index (χ0v) is 9.54. The van der Waals surface area contributed by atoms with Gasteiger partial charge in [0.1, 0.15) is 11.3 Å². The first-order chi connectivity index (χ1) is 8.55. The maximum atomic E-state index is 12.8. The van der Waals surface area contributed by atoms with Crippen LogP contribution in [-0.2, 0) is 6.18 Å². The summed E-state index contributed by atoms with van der Waals surface area (Å²) in [6, 6.07) is 4.06. The number of halogens is 3. The smallest absolute Gasteiger partial charge is 0.316 e. The Balaban J connectivity index is 2.11. The lowest BCUT2D eigenvalue weighted by Gasteiger charge is -2.08. The molecular weight excluding hydrogens is 243 g/mol. The number of alkyl halides is 3. The zero-order chi connectivity index (χ0) is 12.8. The highest BCUT2D eigenvalue weighted by Crippen LogP contribution is 2.31. The van der Waals surface area contributed by atoms with E-state index < -0.39 is 11.9 Å². The maximum Gasteiger partial charge on any atom is 0.431 e. The van der Waals surface area contributed by atoms with Gasteiger partial charge in [0.15, 0.2) is 0 Å². The van der Waals surface area contributed by atoms with Crippen molar-refractivity contribution in [1.82, 2.24) is 14.7 Å². The molecule has 1 N–H and O–H groups in total. The van der Waals surface area contributed by atoms with Gasteiger partial charge in [-0.05, 0) is 25.1 Å². The molecule has 18 heavy (non-hydrogen) atoms. The van der Waals surface area contributed by atoms with Crippen molar-refractivity contribution in [2.24, 2.45) is 0 Å². The molecule has 2 aromatic heterocycles. The van der Waals surface area contributed by atoms with Gasteiger partial charge < -0.3 is 5.32 Å². The van der Waals surface area contributed by atoms with Crippen molar-refractivity contribution in [1.29, 1.82) is 0 Å². The molecule has 1 atom stereocenters. The third kappa shape index (κ3) is 1.86. The lowest BCUT2D eigenvalue weighted by molar-refractivity contribution is -0.142. The first-order valence-corrected chi connectivity index (χ1v) is 5.81. The normalized spacial score (nSPS) is 20.7. The van der Waals surface area contributed by atoms with E-state index in [1.165, 1.54) is 12.3 Å².